The second kappa shape index (κ2) is 12.5. The lowest BCUT2D eigenvalue weighted by atomic mass is 10.2. The van der Waals surface area contributed by atoms with Crippen LogP contribution >= 0.6 is 11.8 Å². The van der Waals surface area contributed by atoms with Crippen molar-refractivity contribution < 1.29 is 17.9 Å². The molecule has 0 aliphatic heterocycles. The lowest BCUT2D eigenvalue weighted by Gasteiger charge is -2.24. The topological polar surface area (TPSA) is 75.7 Å². The average Bonchev–Trinajstić information content (AvgIpc) is 2.85. The van der Waals surface area contributed by atoms with Gasteiger partial charge in [0.25, 0.3) is 10.0 Å². The number of ether oxygens (including phenoxy) is 1. The number of nitrogens with one attached hydrogen (secondary N) is 1. The van der Waals surface area contributed by atoms with Gasteiger partial charge in [0.2, 0.25) is 5.91 Å². The van der Waals surface area contributed by atoms with Crippen LogP contribution < -0.4 is 14.4 Å². The molecule has 3 aromatic rings. The quantitative estimate of drug-likeness (QED) is 0.368. The number of anilines is 1. The predicted octanol–water partition coefficient (Wildman–Crippen LogP) is 4.64. The molecule has 0 heterocycles. The summed E-state index contributed by atoms with van der Waals surface area (Å²) in [5, 5.41) is 2.86. The maximum Gasteiger partial charge on any atom is 0.264 e. The Hall–Kier alpha value is -2.97. The molecule has 0 fully saturated rings. The van der Waals surface area contributed by atoms with Gasteiger partial charge in [0, 0.05) is 12.3 Å². The van der Waals surface area contributed by atoms with E-state index in [-0.39, 0.29) is 17.3 Å². The number of hydrogen-bond donors (Lipinski definition) is 1. The second-order valence-electron chi connectivity index (χ2n) is 7.72. The summed E-state index contributed by atoms with van der Waals surface area (Å²) in [6, 6.07) is 23.6. The molecule has 0 radical (unpaired) electrons. The fourth-order valence-electron chi connectivity index (χ4n) is 3.40. The molecule has 6 nitrogen and oxygen atoms in total. The van der Waals surface area contributed by atoms with Crippen molar-refractivity contribution in [3.8, 4) is 5.75 Å². The zero-order chi connectivity index (χ0) is 24.4. The van der Waals surface area contributed by atoms with Gasteiger partial charge >= 0.3 is 0 Å². The van der Waals surface area contributed by atoms with Crippen molar-refractivity contribution in [2.24, 2.45) is 0 Å². The van der Waals surface area contributed by atoms with Crippen LogP contribution in [0.1, 0.15) is 17.5 Å². The third-order valence-corrected chi connectivity index (χ3v) is 8.07. The van der Waals surface area contributed by atoms with Crippen LogP contribution in [0.25, 0.3) is 0 Å². The van der Waals surface area contributed by atoms with Crippen LogP contribution in [0.5, 0.6) is 5.75 Å². The summed E-state index contributed by atoms with van der Waals surface area (Å²) < 4.78 is 33.3. The lowest BCUT2D eigenvalue weighted by molar-refractivity contribution is -0.119. The summed E-state index contributed by atoms with van der Waals surface area (Å²) in [6.45, 7) is 1.98. The molecule has 0 unspecified atom stereocenters. The van der Waals surface area contributed by atoms with Gasteiger partial charge in [0.05, 0.1) is 17.7 Å². The zero-order valence-electron chi connectivity index (χ0n) is 19.4. The highest BCUT2D eigenvalue weighted by atomic mass is 32.2. The van der Waals surface area contributed by atoms with E-state index in [0.717, 1.165) is 22.2 Å². The molecule has 8 heteroatoms. The maximum absolute atomic E-state index is 13.5. The minimum atomic E-state index is -3.95. The smallest absolute Gasteiger partial charge is 0.264 e. The molecular formula is C26H30N2O4S2. The number of carbonyl (C=O) groups excluding carboxylic acids is 1. The Bertz CT molecular complexity index is 1170. The fourth-order valence-corrected chi connectivity index (χ4v) is 5.83. The van der Waals surface area contributed by atoms with E-state index in [9.17, 15) is 13.2 Å². The van der Waals surface area contributed by atoms with Crippen molar-refractivity contribution >= 4 is 33.4 Å². The van der Waals surface area contributed by atoms with Gasteiger partial charge in [-0.15, -0.1) is 0 Å². The Morgan fingerprint density at radius 1 is 1.00 bits per heavy atom. The van der Waals surface area contributed by atoms with E-state index < -0.39 is 10.0 Å². The van der Waals surface area contributed by atoms with E-state index in [1.165, 1.54) is 18.7 Å². The van der Waals surface area contributed by atoms with Crippen LogP contribution in [-0.2, 0) is 20.6 Å². The van der Waals surface area contributed by atoms with E-state index in [1.807, 2.05) is 18.2 Å². The minimum Gasteiger partial charge on any atom is -0.496 e. The Kier molecular flexibility index (Phi) is 9.42. The molecule has 34 heavy (non-hydrogen) atoms. The molecule has 0 saturated carbocycles. The van der Waals surface area contributed by atoms with Crippen molar-refractivity contribution in [2.75, 3.05) is 30.3 Å². The molecule has 180 valence electrons. The monoisotopic (exact) mass is 498 g/mol. The largest absolute Gasteiger partial charge is 0.496 e. The Balaban J connectivity index is 1.61. The average molecular weight is 499 g/mol. The molecule has 0 atom stereocenters. The molecular weight excluding hydrogens is 468 g/mol. The third-order valence-electron chi connectivity index (χ3n) is 5.18. The number of aryl methyl sites for hydroxylation is 1. The molecule has 0 saturated heterocycles. The van der Waals surface area contributed by atoms with Crippen LogP contribution in [0.15, 0.2) is 83.8 Å². The number of amides is 1. The van der Waals surface area contributed by atoms with Gasteiger partial charge in [-0.1, -0.05) is 48.5 Å². The molecule has 1 N–H and O–H groups in total. The van der Waals surface area contributed by atoms with E-state index >= 15 is 0 Å². The van der Waals surface area contributed by atoms with Gasteiger partial charge in [0.1, 0.15) is 12.3 Å². The fraction of sp³-hybridized carbons (Fsp3) is 0.269. The number of benzene rings is 3. The summed E-state index contributed by atoms with van der Waals surface area (Å²) in [5.41, 5.74) is 2.41. The third kappa shape index (κ3) is 7.01. The number of nitrogens with zero attached hydrogens (tertiary/aromatic N) is 1. The SMILES string of the molecule is COc1ccc(S(=O)(=O)N(CC(=O)NCCCSCc2ccccc2)c2ccccc2)cc1C. The van der Waals surface area contributed by atoms with Gasteiger partial charge in [0.15, 0.2) is 0 Å². The number of methoxy groups -OCH3 is 1. The highest BCUT2D eigenvalue weighted by Crippen LogP contribution is 2.27. The summed E-state index contributed by atoms with van der Waals surface area (Å²) in [7, 11) is -2.41. The minimum absolute atomic E-state index is 0.111. The van der Waals surface area contributed by atoms with E-state index in [0.29, 0.717) is 23.5 Å². The van der Waals surface area contributed by atoms with Crippen molar-refractivity contribution in [3.63, 3.8) is 0 Å². The first-order valence-corrected chi connectivity index (χ1v) is 13.6. The molecule has 0 bridgehead atoms. The van der Waals surface area contributed by atoms with Crippen LogP contribution in [0.4, 0.5) is 5.69 Å². The molecule has 0 aliphatic rings. The molecule has 3 aromatic carbocycles. The number of thioether (sulfide) groups is 1. The van der Waals surface area contributed by atoms with Crippen molar-refractivity contribution in [3.05, 3.63) is 90.0 Å². The highest BCUT2D eigenvalue weighted by Gasteiger charge is 2.27. The number of sulfonamides is 1. The Labute approximate surface area is 206 Å². The Morgan fingerprint density at radius 3 is 2.32 bits per heavy atom. The molecule has 3 rings (SSSR count). The van der Waals surface area contributed by atoms with Gasteiger partial charge in [-0.2, -0.15) is 11.8 Å². The van der Waals surface area contributed by atoms with Crippen molar-refractivity contribution in [1.82, 2.24) is 5.32 Å². The normalized spacial score (nSPS) is 11.1. The molecule has 0 spiro atoms. The first-order valence-electron chi connectivity index (χ1n) is 11.0. The van der Waals surface area contributed by atoms with Gasteiger partial charge < -0.3 is 10.1 Å². The molecule has 0 aromatic heterocycles. The lowest BCUT2D eigenvalue weighted by Crippen LogP contribution is -2.41. The van der Waals surface area contributed by atoms with Crippen LogP contribution in [0.2, 0.25) is 0 Å². The predicted molar refractivity (Wildman–Crippen MR) is 139 cm³/mol. The van der Waals surface area contributed by atoms with E-state index in [4.69, 9.17) is 4.74 Å². The highest BCUT2D eigenvalue weighted by molar-refractivity contribution is 7.98. The van der Waals surface area contributed by atoms with Gasteiger partial charge in [-0.05, 0) is 60.6 Å². The van der Waals surface area contributed by atoms with Crippen LogP contribution in [-0.4, -0.2) is 40.3 Å². The molecule has 0 aliphatic carbocycles. The van der Waals surface area contributed by atoms with E-state index in [2.05, 4.69) is 17.4 Å². The summed E-state index contributed by atoms with van der Waals surface area (Å²) in [4.78, 5) is 12.8. The first-order chi connectivity index (χ1) is 16.4. The molecule has 1 amide bonds. The Morgan fingerprint density at radius 2 is 1.68 bits per heavy atom. The van der Waals surface area contributed by atoms with Gasteiger partial charge in [-0.25, -0.2) is 8.42 Å². The first kappa shape index (κ1) is 25.6. The number of rotatable bonds is 12. The number of hydrogen-bond acceptors (Lipinski definition) is 5. The standard InChI is InChI=1S/C26H30N2O4S2/c1-21-18-24(14-15-25(21)32-2)34(30,31)28(23-12-7-4-8-13-23)19-26(29)27-16-9-17-33-20-22-10-5-3-6-11-22/h3-8,10-15,18H,9,16-17,19-20H2,1-2H3,(H,27,29). The maximum atomic E-state index is 13.5. The number of carbonyl (C=O) groups is 1. The van der Waals surface area contributed by atoms with Crippen LogP contribution in [0, 0.1) is 6.92 Å². The van der Waals surface area contributed by atoms with Crippen molar-refractivity contribution in [1.29, 1.82) is 0 Å². The van der Waals surface area contributed by atoms with Crippen LogP contribution in [0.3, 0.4) is 0 Å². The summed E-state index contributed by atoms with van der Waals surface area (Å²) in [6.07, 6.45) is 0.805. The zero-order valence-corrected chi connectivity index (χ0v) is 21.1. The summed E-state index contributed by atoms with van der Waals surface area (Å²) in [5.74, 6) is 2.09. The summed E-state index contributed by atoms with van der Waals surface area (Å²) >= 11 is 1.81. The van der Waals surface area contributed by atoms with Gasteiger partial charge in [-0.3, -0.25) is 9.10 Å². The van der Waals surface area contributed by atoms with E-state index in [1.54, 1.807) is 61.2 Å². The second-order valence-corrected chi connectivity index (χ2v) is 10.7. The number of para-hydroxylation sites is 1. The van der Waals surface area contributed by atoms with Crippen molar-refractivity contribution in [2.45, 2.75) is 24.0 Å².